The van der Waals surface area contributed by atoms with Crippen LogP contribution in [-0.4, -0.2) is 36.5 Å². The molecule has 3 rings (SSSR count). The molecule has 3 amide bonds. The van der Waals surface area contributed by atoms with Crippen molar-refractivity contribution >= 4 is 33.6 Å². The highest BCUT2D eigenvalue weighted by molar-refractivity contribution is 9.10. The van der Waals surface area contributed by atoms with Crippen LogP contribution in [-0.2, 0) is 10.3 Å². The molecule has 5 nitrogen and oxygen atoms in total. The molecule has 0 aromatic heterocycles. The van der Waals surface area contributed by atoms with Crippen molar-refractivity contribution < 1.29 is 9.59 Å². The molecule has 0 spiro atoms. The lowest BCUT2D eigenvalue weighted by Crippen LogP contribution is -2.51. The van der Waals surface area contributed by atoms with Crippen LogP contribution in [0.2, 0.25) is 0 Å². The fourth-order valence-corrected chi connectivity index (χ4v) is 3.43. The van der Waals surface area contributed by atoms with Gasteiger partial charge in [-0.3, -0.25) is 4.79 Å². The summed E-state index contributed by atoms with van der Waals surface area (Å²) in [5, 5.41) is 2.85. The molecule has 1 saturated heterocycles. The number of rotatable bonds is 1. The maximum atomic E-state index is 12.7. The summed E-state index contributed by atoms with van der Waals surface area (Å²) in [6.45, 7) is 4.29. The molecule has 106 valence electrons. The van der Waals surface area contributed by atoms with Crippen LogP contribution >= 0.6 is 15.9 Å². The highest BCUT2D eigenvalue weighted by Crippen LogP contribution is 2.45. The number of urea groups is 1. The molecular formula is C14H16BrN3O2. The molecule has 0 saturated carbocycles. The van der Waals surface area contributed by atoms with Gasteiger partial charge in [-0.2, -0.15) is 0 Å². The Kier molecular flexibility index (Phi) is 2.83. The van der Waals surface area contributed by atoms with Crippen molar-refractivity contribution in [3.8, 4) is 0 Å². The van der Waals surface area contributed by atoms with Crippen molar-refractivity contribution in [2.24, 2.45) is 0 Å². The van der Waals surface area contributed by atoms with Gasteiger partial charge in [0, 0.05) is 29.7 Å². The molecule has 1 N–H and O–H groups in total. The van der Waals surface area contributed by atoms with Gasteiger partial charge in [0.15, 0.2) is 0 Å². The number of likely N-dealkylation sites (N-methyl/N-ethyl adjacent to an activating group) is 1. The quantitative estimate of drug-likeness (QED) is 0.852. The van der Waals surface area contributed by atoms with E-state index in [4.69, 9.17) is 0 Å². The van der Waals surface area contributed by atoms with Crippen molar-refractivity contribution in [2.75, 3.05) is 18.5 Å². The molecule has 20 heavy (non-hydrogen) atoms. The lowest BCUT2D eigenvalue weighted by Gasteiger charge is -2.33. The first-order valence-electron chi connectivity index (χ1n) is 6.52. The van der Waals surface area contributed by atoms with Gasteiger partial charge >= 0.3 is 6.03 Å². The second-order valence-corrected chi connectivity index (χ2v) is 6.47. The van der Waals surface area contributed by atoms with E-state index in [0.29, 0.717) is 6.54 Å². The fraction of sp³-hybridized carbons (Fsp3) is 0.429. The number of hydrogen-bond acceptors (Lipinski definition) is 2. The van der Waals surface area contributed by atoms with Crippen molar-refractivity contribution in [3.63, 3.8) is 0 Å². The maximum Gasteiger partial charge on any atom is 0.318 e. The summed E-state index contributed by atoms with van der Waals surface area (Å²) in [7, 11) is 1.75. The average Bonchev–Trinajstić information content (AvgIpc) is 2.82. The van der Waals surface area contributed by atoms with Crippen LogP contribution in [0.15, 0.2) is 22.7 Å². The van der Waals surface area contributed by atoms with Gasteiger partial charge < -0.3 is 15.1 Å². The number of nitrogens with one attached hydrogen (secondary N) is 1. The van der Waals surface area contributed by atoms with E-state index in [9.17, 15) is 9.59 Å². The monoisotopic (exact) mass is 337 g/mol. The van der Waals surface area contributed by atoms with E-state index in [0.717, 1.165) is 15.7 Å². The number of anilines is 1. The van der Waals surface area contributed by atoms with Crippen LogP contribution in [0.25, 0.3) is 0 Å². The van der Waals surface area contributed by atoms with Crippen molar-refractivity contribution in [3.05, 3.63) is 28.2 Å². The third-order valence-corrected chi connectivity index (χ3v) is 4.67. The normalized spacial score (nSPS) is 28.9. The summed E-state index contributed by atoms with van der Waals surface area (Å²) in [5.74, 6) is -0.0742. The van der Waals surface area contributed by atoms with Gasteiger partial charge in [-0.05, 0) is 26.0 Å². The van der Waals surface area contributed by atoms with Crippen LogP contribution < -0.4 is 10.2 Å². The highest BCUT2D eigenvalue weighted by Gasteiger charge is 2.53. The number of carbonyl (C=O) groups excluding carboxylic acids is 2. The maximum absolute atomic E-state index is 12.7. The lowest BCUT2D eigenvalue weighted by atomic mass is 9.91. The number of nitrogens with zero attached hydrogens (tertiary/aromatic N) is 2. The molecule has 0 bridgehead atoms. The summed E-state index contributed by atoms with van der Waals surface area (Å²) in [6.07, 6.45) is 0. The van der Waals surface area contributed by atoms with Crippen LogP contribution in [0.4, 0.5) is 10.5 Å². The topological polar surface area (TPSA) is 52.7 Å². The molecule has 2 aliphatic rings. The van der Waals surface area contributed by atoms with Crippen molar-refractivity contribution in [1.82, 2.24) is 10.2 Å². The van der Waals surface area contributed by atoms with Gasteiger partial charge in [0.25, 0.3) is 5.91 Å². The zero-order valence-electron chi connectivity index (χ0n) is 11.6. The number of fused-ring (bicyclic) bond motifs is 1. The van der Waals surface area contributed by atoms with E-state index >= 15 is 0 Å². The second kappa shape index (κ2) is 4.22. The predicted molar refractivity (Wildman–Crippen MR) is 79.6 cm³/mol. The Labute approximate surface area is 126 Å². The van der Waals surface area contributed by atoms with Gasteiger partial charge in [-0.25, -0.2) is 4.79 Å². The first kappa shape index (κ1) is 13.4. The third-order valence-electron chi connectivity index (χ3n) is 4.18. The number of carbonyl (C=O) groups is 2. The smallest absolute Gasteiger partial charge is 0.318 e. The molecule has 2 atom stereocenters. The first-order chi connectivity index (χ1) is 9.35. The minimum absolute atomic E-state index is 0.0527. The zero-order chi connectivity index (χ0) is 14.7. The van der Waals surface area contributed by atoms with E-state index in [1.165, 1.54) is 0 Å². The number of halogens is 1. The van der Waals surface area contributed by atoms with Crippen LogP contribution in [0, 0.1) is 0 Å². The van der Waals surface area contributed by atoms with Crippen LogP contribution in [0.5, 0.6) is 0 Å². The molecule has 6 heteroatoms. The Balaban J connectivity index is 2.15. The molecule has 1 aromatic carbocycles. The molecule has 0 radical (unpaired) electrons. The van der Waals surface area contributed by atoms with Crippen LogP contribution in [0.1, 0.15) is 19.4 Å². The molecule has 2 heterocycles. The summed E-state index contributed by atoms with van der Waals surface area (Å²) < 4.78 is 0.916. The Bertz CT molecular complexity index is 618. The highest BCUT2D eigenvalue weighted by atomic mass is 79.9. The number of amides is 3. The fourth-order valence-electron chi connectivity index (χ4n) is 3.08. The van der Waals surface area contributed by atoms with Crippen molar-refractivity contribution in [2.45, 2.75) is 25.4 Å². The van der Waals surface area contributed by atoms with Crippen molar-refractivity contribution in [1.29, 1.82) is 0 Å². The summed E-state index contributed by atoms with van der Waals surface area (Å²) in [4.78, 5) is 28.1. The molecule has 1 aromatic rings. The first-order valence-corrected chi connectivity index (χ1v) is 7.31. The summed E-state index contributed by atoms with van der Waals surface area (Å²) >= 11 is 3.42. The predicted octanol–water partition coefficient (Wildman–Crippen LogP) is 2.05. The Morgan fingerprint density at radius 2 is 2.10 bits per heavy atom. The Morgan fingerprint density at radius 1 is 1.40 bits per heavy atom. The number of hydrogen-bond donors (Lipinski definition) is 1. The molecule has 0 unspecified atom stereocenters. The van der Waals surface area contributed by atoms with Crippen LogP contribution in [0.3, 0.4) is 0 Å². The zero-order valence-corrected chi connectivity index (χ0v) is 13.2. The van der Waals surface area contributed by atoms with E-state index < -0.39 is 5.54 Å². The van der Waals surface area contributed by atoms with E-state index in [1.807, 2.05) is 32.0 Å². The standard InChI is InChI=1S/C14H16BrN3O2/c1-8-7-18(13(20)16-8)14(2)10-5-4-9(15)6-11(10)17(3)12(14)19/h4-6,8H,7H2,1-3H3,(H,16,20)/t8-,14+/m1/s1. The Hall–Kier alpha value is -1.56. The summed E-state index contributed by atoms with van der Waals surface area (Å²) in [5.41, 5.74) is 0.788. The van der Waals surface area contributed by atoms with Gasteiger partial charge in [-0.15, -0.1) is 0 Å². The van der Waals surface area contributed by atoms with E-state index in [1.54, 1.807) is 16.8 Å². The third kappa shape index (κ3) is 1.60. The molecular weight excluding hydrogens is 322 g/mol. The average molecular weight is 338 g/mol. The largest absolute Gasteiger partial charge is 0.334 e. The lowest BCUT2D eigenvalue weighted by molar-refractivity contribution is -0.126. The number of benzene rings is 1. The Morgan fingerprint density at radius 3 is 2.70 bits per heavy atom. The SMILES string of the molecule is C[C@@H]1CN([C@]2(C)C(=O)N(C)c3cc(Br)ccc32)C(=O)N1. The van der Waals surface area contributed by atoms with E-state index in [-0.39, 0.29) is 18.0 Å². The van der Waals surface area contributed by atoms with Gasteiger partial charge in [0.2, 0.25) is 0 Å². The van der Waals surface area contributed by atoms with E-state index in [2.05, 4.69) is 21.2 Å². The second-order valence-electron chi connectivity index (χ2n) is 5.56. The molecule has 1 fully saturated rings. The van der Waals surface area contributed by atoms with Gasteiger partial charge in [0.05, 0.1) is 5.69 Å². The summed E-state index contributed by atoms with van der Waals surface area (Å²) in [6, 6.07) is 5.60. The molecule has 0 aliphatic carbocycles. The van der Waals surface area contributed by atoms with Gasteiger partial charge in [-0.1, -0.05) is 22.0 Å². The van der Waals surface area contributed by atoms with Gasteiger partial charge in [0.1, 0.15) is 5.54 Å². The minimum Gasteiger partial charge on any atom is -0.334 e. The molecule has 2 aliphatic heterocycles. The minimum atomic E-state index is -0.931.